The summed E-state index contributed by atoms with van der Waals surface area (Å²) in [5.41, 5.74) is 0.351. The summed E-state index contributed by atoms with van der Waals surface area (Å²) in [6.07, 6.45) is 0.995. The maximum Gasteiger partial charge on any atom is 0.326 e. The molecule has 8 heteroatoms. The number of Topliss-reactive ketones (excluding diaryl/α,β-unsaturated/α-hetero) is 1. The van der Waals surface area contributed by atoms with E-state index in [9.17, 15) is 24.3 Å². The second kappa shape index (κ2) is 8.68. The number of likely N-dealkylation sites (tertiary alicyclic amines) is 1. The molecule has 3 atom stereocenters. The van der Waals surface area contributed by atoms with Crippen LogP contribution in [0.1, 0.15) is 37.0 Å². The van der Waals surface area contributed by atoms with Crippen LogP contribution >= 0.6 is 23.4 Å². The van der Waals surface area contributed by atoms with Crippen molar-refractivity contribution in [2.75, 3.05) is 6.54 Å². The fraction of sp³-hybridized carbons (Fsp3) is 0.444. The molecule has 140 valence electrons. The van der Waals surface area contributed by atoms with E-state index >= 15 is 0 Å². The highest BCUT2D eigenvalue weighted by Crippen LogP contribution is 2.29. The fourth-order valence-corrected chi connectivity index (χ4v) is 4.07. The van der Waals surface area contributed by atoms with Crippen LogP contribution in [-0.4, -0.2) is 50.6 Å². The minimum atomic E-state index is -1.05. The van der Waals surface area contributed by atoms with E-state index in [0.717, 1.165) is 11.8 Å². The number of hydrogen-bond acceptors (Lipinski definition) is 5. The van der Waals surface area contributed by atoms with Crippen LogP contribution in [0.2, 0.25) is 5.02 Å². The smallest absolute Gasteiger partial charge is 0.326 e. The van der Waals surface area contributed by atoms with E-state index in [-0.39, 0.29) is 10.9 Å². The number of benzene rings is 1. The molecule has 0 spiro atoms. The Kier molecular flexibility index (Phi) is 6.83. The molecule has 1 aromatic rings. The monoisotopic (exact) mass is 397 g/mol. The maximum atomic E-state index is 12.9. The van der Waals surface area contributed by atoms with Crippen LogP contribution in [0.25, 0.3) is 0 Å². The van der Waals surface area contributed by atoms with Gasteiger partial charge in [-0.25, -0.2) is 4.79 Å². The predicted octanol–water partition coefficient (Wildman–Crippen LogP) is 2.88. The van der Waals surface area contributed by atoms with E-state index < -0.39 is 29.1 Å². The highest BCUT2D eigenvalue weighted by Gasteiger charge is 2.40. The molecule has 0 aromatic heterocycles. The molecule has 1 aliphatic heterocycles. The molecule has 0 radical (unpaired) electrons. The van der Waals surface area contributed by atoms with Crippen LogP contribution in [-0.2, 0) is 14.4 Å². The van der Waals surface area contributed by atoms with E-state index in [0.29, 0.717) is 30.0 Å². The Balaban J connectivity index is 2.26. The summed E-state index contributed by atoms with van der Waals surface area (Å²) in [5.74, 6) is -2.65. The summed E-state index contributed by atoms with van der Waals surface area (Å²) < 4.78 is 0. The number of aliphatic carboxylic acids is 1. The lowest BCUT2D eigenvalue weighted by atomic mass is 9.97. The third-order valence-corrected chi connectivity index (χ3v) is 5.80. The highest BCUT2D eigenvalue weighted by atomic mass is 35.5. The van der Waals surface area contributed by atoms with Crippen molar-refractivity contribution in [3.8, 4) is 0 Å². The molecule has 1 aliphatic rings. The maximum absolute atomic E-state index is 12.9. The Hall–Kier alpha value is -1.86. The second-order valence-electron chi connectivity index (χ2n) is 6.22. The Morgan fingerprint density at radius 3 is 2.38 bits per heavy atom. The van der Waals surface area contributed by atoms with Crippen LogP contribution in [0.15, 0.2) is 24.3 Å². The molecule has 1 saturated heterocycles. The first-order chi connectivity index (χ1) is 12.2. The lowest BCUT2D eigenvalue weighted by Crippen LogP contribution is -2.46. The molecular formula is C18H20ClNO5S. The number of carbonyl (C=O) groups is 4. The summed E-state index contributed by atoms with van der Waals surface area (Å²) in [4.78, 5) is 50.0. The first kappa shape index (κ1) is 20.5. The topological polar surface area (TPSA) is 91.8 Å². The molecule has 2 rings (SSSR count). The average Bonchev–Trinajstić information content (AvgIpc) is 3.08. The number of carboxylic acids is 1. The van der Waals surface area contributed by atoms with Gasteiger partial charge in [0.1, 0.15) is 6.04 Å². The van der Waals surface area contributed by atoms with Gasteiger partial charge in [0.2, 0.25) is 5.91 Å². The van der Waals surface area contributed by atoms with E-state index in [2.05, 4.69) is 0 Å². The first-order valence-corrected chi connectivity index (χ1v) is 9.48. The Morgan fingerprint density at radius 1 is 1.23 bits per heavy atom. The van der Waals surface area contributed by atoms with Gasteiger partial charge in [0, 0.05) is 24.1 Å². The minimum Gasteiger partial charge on any atom is -0.480 e. The number of amides is 1. The minimum absolute atomic E-state index is 0.284. The van der Waals surface area contributed by atoms with Gasteiger partial charge in [-0.05, 0) is 37.1 Å². The largest absolute Gasteiger partial charge is 0.480 e. The number of ketones is 1. The third kappa shape index (κ3) is 4.65. The van der Waals surface area contributed by atoms with E-state index in [1.54, 1.807) is 31.2 Å². The number of rotatable bonds is 6. The summed E-state index contributed by atoms with van der Waals surface area (Å²) >= 11 is 6.63. The lowest BCUT2D eigenvalue weighted by Gasteiger charge is -2.28. The molecule has 26 heavy (non-hydrogen) atoms. The molecule has 1 aromatic carbocycles. The quantitative estimate of drug-likeness (QED) is 0.742. The van der Waals surface area contributed by atoms with Crippen molar-refractivity contribution in [2.45, 2.75) is 38.0 Å². The second-order valence-corrected chi connectivity index (χ2v) is 7.97. The van der Waals surface area contributed by atoms with Crippen LogP contribution in [0.3, 0.4) is 0 Å². The normalized spacial score (nSPS) is 19.0. The van der Waals surface area contributed by atoms with Gasteiger partial charge < -0.3 is 10.0 Å². The molecule has 0 saturated carbocycles. The van der Waals surface area contributed by atoms with Crippen LogP contribution in [0.4, 0.5) is 0 Å². The van der Waals surface area contributed by atoms with Crippen LogP contribution in [0.5, 0.6) is 0 Å². The highest BCUT2D eigenvalue weighted by molar-refractivity contribution is 8.14. The predicted molar refractivity (Wildman–Crippen MR) is 99.4 cm³/mol. The van der Waals surface area contributed by atoms with Crippen LogP contribution < -0.4 is 0 Å². The van der Waals surface area contributed by atoms with Gasteiger partial charge in [-0.3, -0.25) is 14.4 Å². The Labute approximate surface area is 160 Å². The average molecular weight is 398 g/mol. The van der Waals surface area contributed by atoms with E-state index in [1.807, 2.05) is 0 Å². The zero-order chi connectivity index (χ0) is 19.4. The van der Waals surface area contributed by atoms with Gasteiger partial charge in [-0.15, -0.1) is 0 Å². The number of thioether (sulfide) groups is 1. The standard InChI is InChI=1S/C18H20ClNO5S/c1-10(17(23)20-9-3-4-14(20)18(24)25)16(26-11(2)21)15(22)12-5-7-13(19)8-6-12/h5-8,10,14,16H,3-4,9H2,1-2H3,(H,24,25)/t10-,14+,16+/m1/s1. The zero-order valence-corrected chi connectivity index (χ0v) is 16.0. The van der Waals surface area contributed by atoms with Gasteiger partial charge in [-0.1, -0.05) is 30.3 Å². The molecule has 1 amide bonds. The molecule has 0 unspecified atom stereocenters. The molecule has 0 aliphatic carbocycles. The summed E-state index contributed by atoms with van der Waals surface area (Å²) in [6, 6.07) is 5.35. The Bertz CT molecular complexity index is 721. The van der Waals surface area contributed by atoms with Gasteiger partial charge in [0.05, 0.1) is 11.2 Å². The lowest BCUT2D eigenvalue weighted by molar-refractivity contribution is -0.149. The first-order valence-electron chi connectivity index (χ1n) is 8.22. The number of carbonyl (C=O) groups excluding carboxylic acids is 3. The molecular weight excluding hydrogens is 378 g/mol. The number of halogens is 1. The van der Waals surface area contributed by atoms with Gasteiger partial charge in [0.25, 0.3) is 0 Å². The molecule has 1 heterocycles. The van der Waals surface area contributed by atoms with Crippen molar-refractivity contribution in [3.63, 3.8) is 0 Å². The molecule has 6 nitrogen and oxygen atoms in total. The summed E-state index contributed by atoms with van der Waals surface area (Å²) in [5, 5.41) is 8.55. The fourth-order valence-electron chi connectivity index (χ4n) is 3.02. The van der Waals surface area contributed by atoms with Crippen molar-refractivity contribution in [1.82, 2.24) is 4.90 Å². The number of carboxylic acid groups (broad SMARTS) is 1. The van der Waals surface area contributed by atoms with Crippen molar-refractivity contribution >= 4 is 46.1 Å². The summed E-state index contributed by atoms with van der Waals surface area (Å²) in [6.45, 7) is 3.24. The number of hydrogen-bond donors (Lipinski definition) is 1. The van der Waals surface area contributed by atoms with Crippen LogP contribution in [0, 0.1) is 5.92 Å². The molecule has 1 fully saturated rings. The molecule has 0 bridgehead atoms. The number of nitrogens with zero attached hydrogens (tertiary/aromatic N) is 1. The third-order valence-electron chi connectivity index (χ3n) is 4.34. The van der Waals surface area contributed by atoms with Crippen molar-refractivity contribution in [2.24, 2.45) is 5.92 Å². The Morgan fingerprint density at radius 2 is 1.85 bits per heavy atom. The van der Waals surface area contributed by atoms with Crippen molar-refractivity contribution in [3.05, 3.63) is 34.9 Å². The van der Waals surface area contributed by atoms with Gasteiger partial charge >= 0.3 is 5.97 Å². The van der Waals surface area contributed by atoms with E-state index in [1.165, 1.54) is 11.8 Å². The van der Waals surface area contributed by atoms with Gasteiger partial charge in [0.15, 0.2) is 10.9 Å². The van der Waals surface area contributed by atoms with Crippen molar-refractivity contribution in [1.29, 1.82) is 0 Å². The van der Waals surface area contributed by atoms with Crippen molar-refractivity contribution < 1.29 is 24.3 Å². The molecule has 1 N–H and O–H groups in total. The summed E-state index contributed by atoms with van der Waals surface area (Å²) in [7, 11) is 0. The van der Waals surface area contributed by atoms with Gasteiger partial charge in [-0.2, -0.15) is 0 Å². The van der Waals surface area contributed by atoms with E-state index in [4.69, 9.17) is 11.6 Å². The zero-order valence-electron chi connectivity index (χ0n) is 14.5. The SMILES string of the molecule is CC(=O)S[C@H](C(=O)c1ccc(Cl)cc1)[C@@H](C)C(=O)N1CCC[C@H]1C(=O)O.